The minimum Gasteiger partial charge on any atom is -0.508 e. The Bertz CT molecular complexity index is 1170. The zero-order valence-corrected chi connectivity index (χ0v) is 23.3. The van der Waals surface area contributed by atoms with Crippen LogP contribution in [-0.4, -0.2) is 30.8 Å². The number of nitrogens with zero attached hydrogens (tertiary/aromatic N) is 1. The van der Waals surface area contributed by atoms with Crippen molar-refractivity contribution < 1.29 is 9.84 Å². The quantitative estimate of drug-likeness (QED) is 0.297. The minimum atomic E-state index is 0.0971. The van der Waals surface area contributed by atoms with Gasteiger partial charge in [-0.05, 0) is 111 Å². The molecule has 37 heavy (non-hydrogen) atoms. The number of benzene rings is 3. The van der Waals surface area contributed by atoms with E-state index in [9.17, 15) is 5.11 Å². The van der Waals surface area contributed by atoms with E-state index in [1.807, 2.05) is 12.1 Å². The Kier molecular flexibility index (Phi) is 8.81. The zero-order chi connectivity index (χ0) is 26.4. The molecule has 198 valence electrons. The zero-order valence-electron chi connectivity index (χ0n) is 23.3. The molecule has 0 amide bonds. The van der Waals surface area contributed by atoms with Crippen LogP contribution in [0.2, 0.25) is 0 Å². The largest absolute Gasteiger partial charge is 0.508 e. The molecule has 1 atom stereocenters. The Balaban J connectivity index is 1.54. The monoisotopic (exact) mass is 500 g/mol. The van der Waals surface area contributed by atoms with Crippen molar-refractivity contribution >= 4 is 5.69 Å². The SMILES string of the molecule is CCCNC(C)(C)Cc1ccc(CN(CC)c2cc(OC)ccc2C2CCc3cc(O)ccc3C2)cc1. The van der Waals surface area contributed by atoms with E-state index in [2.05, 4.69) is 86.4 Å². The Morgan fingerprint density at radius 1 is 0.973 bits per heavy atom. The highest BCUT2D eigenvalue weighted by atomic mass is 16.5. The lowest BCUT2D eigenvalue weighted by atomic mass is 9.79. The van der Waals surface area contributed by atoms with Crippen molar-refractivity contribution in [3.63, 3.8) is 0 Å². The number of ether oxygens (including phenoxy) is 1. The van der Waals surface area contributed by atoms with Gasteiger partial charge in [0.05, 0.1) is 7.11 Å². The molecule has 3 aromatic rings. The molecule has 0 bridgehead atoms. The molecule has 4 rings (SSSR count). The lowest BCUT2D eigenvalue weighted by molar-refractivity contribution is 0.387. The summed E-state index contributed by atoms with van der Waals surface area (Å²) in [5, 5.41) is 13.6. The summed E-state index contributed by atoms with van der Waals surface area (Å²) in [5.41, 5.74) is 8.08. The van der Waals surface area contributed by atoms with Crippen LogP contribution in [0.5, 0.6) is 11.5 Å². The maximum atomic E-state index is 9.90. The van der Waals surface area contributed by atoms with E-state index in [0.717, 1.165) is 57.5 Å². The standard InChI is InChI=1S/C33H44N2O2/c1-6-18-34-33(3,4)22-24-8-10-25(11-9-24)23-35(7-2)32-21-30(37-5)16-17-31(32)28-13-12-27-20-29(36)15-14-26(27)19-28/h8-11,14-17,20-21,28,34,36H,6-7,12-13,18-19,22-23H2,1-5H3. The van der Waals surface area contributed by atoms with Crippen LogP contribution in [-0.2, 0) is 25.8 Å². The number of hydrogen-bond donors (Lipinski definition) is 2. The van der Waals surface area contributed by atoms with Gasteiger partial charge in [0.25, 0.3) is 0 Å². The molecule has 0 saturated carbocycles. The highest BCUT2D eigenvalue weighted by Crippen LogP contribution is 2.40. The van der Waals surface area contributed by atoms with Crippen molar-refractivity contribution in [1.29, 1.82) is 0 Å². The van der Waals surface area contributed by atoms with Crippen LogP contribution >= 0.6 is 0 Å². The Hall–Kier alpha value is -2.98. The summed E-state index contributed by atoms with van der Waals surface area (Å²) in [6.45, 7) is 11.9. The molecule has 2 N–H and O–H groups in total. The summed E-state index contributed by atoms with van der Waals surface area (Å²) in [7, 11) is 1.74. The molecule has 0 saturated heterocycles. The van der Waals surface area contributed by atoms with Crippen LogP contribution in [0.15, 0.2) is 60.7 Å². The summed E-state index contributed by atoms with van der Waals surface area (Å²) in [6.07, 6.45) is 5.26. The van der Waals surface area contributed by atoms with Crippen LogP contribution in [0.25, 0.3) is 0 Å². The van der Waals surface area contributed by atoms with Crippen LogP contribution in [0.4, 0.5) is 5.69 Å². The fourth-order valence-electron chi connectivity index (χ4n) is 5.66. The number of fused-ring (bicyclic) bond motifs is 1. The molecule has 1 aliphatic rings. The third-order valence-corrected chi connectivity index (χ3v) is 7.71. The Morgan fingerprint density at radius 3 is 2.43 bits per heavy atom. The minimum absolute atomic E-state index is 0.0971. The van der Waals surface area contributed by atoms with Crippen molar-refractivity contribution in [3.05, 3.63) is 88.5 Å². The van der Waals surface area contributed by atoms with E-state index in [1.54, 1.807) is 7.11 Å². The average Bonchev–Trinajstić information content (AvgIpc) is 2.90. The molecular formula is C33H44N2O2. The molecule has 0 aromatic heterocycles. The van der Waals surface area contributed by atoms with Crippen molar-refractivity contribution in [1.82, 2.24) is 5.32 Å². The molecule has 1 unspecified atom stereocenters. The molecule has 0 spiro atoms. The number of anilines is 1. The summed E-state index contributed by atoms with van der Waals surface area (Å²) in [5.74, 6) is 1.72. The first-order chi connectivity index (χ1) is 17.8. The fraction of sp³-hybridized carbons (Fsp3) is 0.455. The van der Waals surface area contributed by atoms with E-state index >= 15 is 0 Å². The molecule has 0 fully saturated rings. The number of aromatic hydroxyl groups is 1. The Morgan fingerprint density at radius 2 is 1.73 bits per heavy atom. The van der Waals surface area contributed by atoms with Gasteiger partial charge < -0.3 is 20.1 Å². The summed E-state index contributed by atoms with van der Waals surface area (Å²) >= 11 is 0. The second-order valence-corrected chi connectivity index (χ2v) is 11.1. The molecule has 0 heterocycles. The van der Waals surface area contributed by atoms with Crippen LogP contribution in [0, 0.1) is 0 Å². The van der Waals surface area contributed by atoms with E-state index in [-0.39, 0.29) is 5.54 Å². The van der Waals surface area contributed by atoms with E-state index in [0.29, 0.717) is 11.7 Å². The number of methoxy groups -OCH3 is 1. The molecule has 1 aliphatic carbocycles. The number of hydrogen-bond acceptors (Lipinski definition) is 4. The predicted molar refractivity (Wildman–Crippen MR) is 155 cm³/mol. The van der Waals surface area contributed by atoms with Gasteiger partial charge in [-0.1, -0.05) is 43.3 Å². The Labute approximate surface area is 223 Å². The van der Waals surface area contributed by atoms with Crippen molar-refractivity contribution in [2.75, 3.05) is 25.1 Å². The molecule has 3 aromatic carbocycles. The van der Waals surface area contributed by atoms with Crippen molar-refractivity contribution in [3.8, 4) is 11.5 Å². The van der Waals surface area contributed by atoms with Gasteiger partial charge in [-0.25, -0.2) is 0 Å². The predicted octanol–water partition coefficient (Wildman–Crippen LogP) is 7.02. The van der Waals surface area contributed by atoms with Gasteiger partial charge in [0.15, 0.2) is 0 Å². The number of phenolic OH excluding ortho intramolecular Hbond substituents is 1. The third-order valence-electron chi connectivity index (χ3n) is 7.71. The maximum absolute atomic E-state index is 9.90. The number of nitrogens with one attached hydrogen (secondary N) is 1. The molecule has 4 heteroatoms. The highest BCUT2D eigenvalue weighted by Gasteiger charge is 2.25. The number of rotatable bonds is 11. The van der Waals surface area contributed by atoms with Crippen LogP contribution < -0.4 is 15.0 Å². The number of phenols is 1. The number of aryl methyl sites for hydroxylation is 1. The van der Waals surface area contributed by atoms with Crippen LogP contribution in [0.3, 0.4) is 0 Å². The smallest absolute Gasteiger partial charge is 0.120 e. The van der Waals surface area contributed by atoms with E-state index in [1.165, 1.54) is 33.5 Å². The summed E-state index contributed by atoms with van der Waals surface area (Å²) in [6, 6.07) is 21.6. The lowest BCUT2D eigenvalue weighted by Gasteiger charge is -2.32. The highest BCUT2D eigenvalue weighted by molar-refractivity contribution is 5.60. The van der Waals surface area contributed by atoms with E-state index in [4.69, 9.17) is 4.74 Å². The average molecular weight is 501 g/mol. The van der Waals surface area contributed by atoms with Gasteiger partial charge in [-0.3, -0.25) is 0 Å². The molecule has 4 nitrogen and oxygen atoms in total. The second kappa shape index (κ2) is 12.0. The maximum Gasteiger partial charge on any atom is 0.120 e. The van der Waals surface area contributed by atoms with Crippen molar-refractivity contribution in [2.24, 2.45) is 0 Å². The van der Waals surface area contributed by atoms with E-state index < -0.39 is 0 Å². The molecular weight excluding hydrogens is 456 g/mol. The fourth-order valence-corrected chi connectivity index (χ4v) is 5.66. The van der Waals surface area contributed by atoms with Crippen LogP contribution in [0.1, 0.15) is 74.3 Å². The topological polar surface area (TPSA) is 44.7 Å². The van der Waals surface area contributed by atoms with Gasteiger partial charge in [0.1, 0.15) is 11.5 Å². The summed E-state index contributed by atoms with van der Waals surface area (Å²) in [4.78, 5) is 2.48. The van der Waals surface area contributed by atoms with Crippen molar-refractivity contribution in [2.45, 2.75) is 77.8 Å². The van der Waals surface area contributed by atoms with Gasteiger partial charge >= 0.3 is 0 Å². The molecule has 0 radical (unpaired) electrons. The molecule has 0 aliphatic heterocycles. The lowest BCUT2D eigenvalue weighted by Crippen LogP contribution is -2.41. The van der Waals surface area contributed by atoms with Gasteiger partial charge in [-0.2, -0.15) is 0 Å². The summed E-state index contributed by atoms with van der Waals surface area (Å²) < 4.78 is 5.64. The first kappa shape index (κ1) is 27.1. The first-order valence-corrected chi connectivity index (χ1v) is 13.9. The van der Waals surface area contributed by atoms with Gasteiger partial charge in [-0.15, -0.1) is 0 Å². The third kappa shape index (κ3) is 6.87. The van der Waals surface area contributed by atoms with Gasteiger partial charge in [0, 0.05) is 30.4 Å². The second-order valence-electron chi connectivity index (χ2n) is 11.1. The normalized spacial score (nSPS) is 15.3. The van der Waals surface area contributed by atoms with Gasteiger partial charge in [0.2, 0.25) is 0 Å². The first-order valence-electron chi connectivity index (χ1n) is 13.9.